The van der Waals surface area contributed by atoms with Crippen molar-refractivity contribution in [2.75, 3.05) is 6.61 Å². The molecule has 6 nitrogen and oxygen atoms in total. The maximum Gasteiger partial charge on any atom is 0.217 e. The third kappa shape index (κ3) is 2.70. The fraction of sp³-hybridized carbons (Fsp3) is 0.900. The predicted molar refractivity (Wildman–Crippen MR) is 55.7 cm³/mol. The van der Waals surface area contributed by atoms with E-state index in [9.17, 15) is 15.0 Å². The highest BCUT2D eigenvalue weighted by Gasteiger charge is 2.43. The third-order valence-electron chi connectivity index (χ3n) is 2.80. The van der Waals surface area contributed by atoms with Gasteiger partial charge in [0, 0.05) is 6.92 Å². The molecule has 3 unspecified atom stereocenters. The van der Waals surface area contributed by atoms with Gasteiger partial charge in [-0.2, -0.15) is 0 Å². The molecular formula is C10H19NO5. The average molecular weight is 233 g/mol. The van der Waals surface area contributed by atoms with Crippen LogP contribution in [-0.2, 0) is 9.53 Å². The lowest BCUT2D eigenvalue weighted by atomic mass is 9.91. The maximum absolute atomic E-state index is 11.0. The van der Waals surface area contributed by atoms with Crippen LogP contribution in [0.4, 0.5) is 0 Å². The molecule has 4 N–H and O–H groups in total. The van der Waals surface area contributed by atoms with Gasteiger partial charge in [0.2, 0.25) is 5.91 Å². The molecule has 0 radical (unpaired) electrons. The SMILES string of the molecule is CC[C@@H]1OC(CO)[C@@H](O)C(O)C1NC(C)=O. The lowest BCUT2D eigenvalue weighted by molar-refractivity contribution is -0.195. The van der Waals surface area contributed by atoms with Crippen LogP contribution in [0.3, 0.4) is 0 Å². The van der Waals surface area contributed by atoms with Gasteiger partial charge in [0.05, 0.1) is 18.8 Å². The Kier molecular flexibility index (Phi) is 4.67. The molecule has 1 heterocycles. The van der Waals surface area contributed by atoms with Gasteiger partial charge in [-0.3, -0.25) is 4.79 Å². The second kappa shape index (κ2) is 5.58. The zero-order valence-electron chi connectivity index (χ0n) is 9.46. The highest BCUT2D eigenvalue weighted by molar-refractivity contribution is 5.73. The first-order valence-corrected chi connectivity index (χ1v) is 5.40. The van der Waals surface area contributed by atoms with Crippen LogP contribution in [0, 0.1) is 0 Å². The minimum Gasteiger partial charge on any atom is -0.394 e. The van der Waals surface area contributed by atoms with E-state index in [1.165, 1.54) is 6.92 Å². The van der Waals surface area contributed by atoms with Crippen LogP contribution in [-0.4, -0.2) is 58.3 Å². The number of amides is 1. The van der Waals surface area contributed by atoms with Crippen molar-refractivity contribution in [3.8, 4) is 0 Å². The molecule has 0 saturated carbocycles. The van der Waals surface area contributed by atoms with Gasteiger partial charge in [-0.25, -0.2) is 0 Å². The number of carbonyl (C=O) groups excluding carboxylic acids is 1. The maximum atomic E-state index is 11.0. The molecule has 0 aromatic heterocycles. The summed E-state index contributed by atoms with van der Waals surface area (Å²) >= 11 is 0. The number of carbonyl (C=O) groups is 1. The molecule has 0 aliphatic carbocycles. The Morgan fingerprint density at radius 2 is 1.94 bits per heavy atom. The van der Waals surface area contributed by atoms with E-state index < -0.39 is 30.5 Å². The number of nitrogens with one attached hydrogen (secondary N) is 1. The van der Waals surface area contributed by atoms with Gasteiger partial charge in [-0.05, 0) is 6.42 Å². The van der Waals surface area contributed by atoms with E-state index in [1.54, 1.807) is 0 Å². The average Bonchev–Trinajstić information content (AvgIpc) is 2.25. The smallest absolute Gasteiger partial charge is 0.217 e. The number of aliphatic hydroxyl groups excluding tert-OH is 3. The van der Waals surface area contributed by atoms with Crippen molar-refractivity contribution >= 4 is 5.91 Å². The minimum absolute atomic E-state index is 0.291. The van der Waals surface area contributed by atoms with Gasteiger partial charge in [-0.15, -0.1) is 0 Å². The van der Waals surface area contributed by atoms with Crippen LogP contribution in [0.15, 0.2) is 0 Å². The summed E-state index contributed by atoms with van der Waals surface area (Å²) in [6.07, 6.45) is -2.94. The predicted octanol–water partition coefficient (Wildman–Crippen LogP) is -1.62. The number of rotatable bonds is 3. The van der Waals surface area contributed by atoms with Crippen LogP contribution in [0.25, 0.3) is 0 Å². The van der Waals surface area contributed by atoms with E-state index in [0.717, 1.165) is 0 Å². The second-order valence-electron chi connectivity index (χ2n) is 4.01. The van der Waals surface area contributed by atoms with Crippen molar-refractivity contribution in [3.63, 3.8) is 0 Å². The molecule has 1 aliphatic heterocycles. The molecule has 1 amide bonds. The van der Waals surface area contributed by atoms with Crippen LogP contribution < -0.4 is 5.32 Å². The summed E-state index contributed by atoms with van der Waals surface area (Å²) in [7, 11) is 0. The monoisotopic (exact) mass is 233 g/mol. The first-order chi connectivity index (χ1) is 7.51. The largest absolute Gasteiger partial charge is 0.394 e. The molecule has 1 aliphatic rings. The summed E-state index contributed by atoms with van der Waals surface area (Å²) in [5.74, 6) is -0.291. The van der Waals surface area contributed by atoms with E-state index in [2.05, 4.69) is 5.32 Å². The molecule has 16 heavy (non-hydrogen) atoms. The Morgan fingerprint density at radius 1 is 1.31 bits per heavy atom. The summed E-state index contributed by atoms with van der Waals surface area (Å²) in [5, 5.41) is 31.0. The van der Waals surface area contributed by atoms with Gasteiger partial charge in [0.25, 0.3) is 0 Å². The molecule has 0 bridgehead atoms. The summed E-state index contributed by atoms with van der Waals surface area (Å²) in [6.45, 7) is 2.82. The fourth-order valence-corrected chi connectivity index (χ4v) is 1.96. The molecule has 1 saturated heterocycles. The Hall–Kier alpha value is -0.690. The van der Waals surface area contributed by atoms with Crippen molar-refractivity contribution in [3.05, 3.63) is 0 Å². The van der Waals surface area contributed by atoms with E-state index in [1.807, 2.05) is 6.92 Å². The standard InChI is InChI=1S/C10H19NO5/c1-3-6-8(11-5(2)13)10(15)9(14)7(4-12)16-6/h6-10,12,14-15H,3-4H2,1-2H3,(H,11,13)/t6-,7?,8?,9+,10?/m0/s1. The second-order valence-corrected chi connectivity index (χ2v) is 4.01. The number of hydrogen-bond acceptors (Lipinski definition) is 5. The Balaban J connectivity index is 2.77. The van der Waals surface area contributed by atoms with Crippen molar-refractivity contribution < 1.29 is 24.9 Å². The first kappa shape index (κ1) is 13.4. The molecule has 1 fully saturated rings. The fourth-order valence-electron chi connectivity index (χ4n) is 1.96. The first-order valence-electron chi connectivity index (χ1n) is 5.40. The highest BCUT2D eigenvalue weighted by atomic mass is 16.5. The van der Waals surface area contributed by atoms with E-state index in [-0.39, 0.29) is 12.5 Å². The van der Waals surface area contributed by atoms with E-state index in [4.69, 9.17) is 9.84 Å². The summed E-state index contributed by atoms with van der Waals surface area (Å²) in [4.78, 5) is 11.0. The topological polar surface area (TPSA) is 99.0 Å². The lowest BCUT2D eigenvalue weighted by Crippen LogP contribution is -2.63. The van der Waals surface area contributed by atoms with Crippen LogP contribution in [0.2, 0.25) is 0 Å². The van der Waals surface area contributed by atoms with Crippen molar-refractivity contribution in [2.24, 2.45) is 0 Å². The van der Waals surface area contributed by atoms with Crippen molar-refractivity contribution in [2.45, 2.75) is 50.7 Å². The molecular weight excluding hydrogens is 214 g/mol. The van der Waals surface area contributed by atoms with Gasteiger partial charge in [0.1, 0.15) is 18.3 Å². The normalized spacial score (nSPS) is 39.4. The third-order valence-corrected chi connectivity index (χ3v) is 2.80. The van der Waals surface area contributed by atoms with Crippen molar-refractivity contribution in [1.29, 1.82) is 0 Å². The minimum atomic E-state index is -1.19. The molecule has 5 atom stereocenters. The zero-order chi connectivity index (χ0) is 12.3. The van der Waals surface area contributed by atoms with E-state index in [0.29, 0.717) is 6.42 Å². The van der Waals surface area contributed by atoms with Crippen LogP contribution in [0.1, 0.15) is 20.3 Å². The molecule has 0 aromatic rings. The van der Waals surface area contributed by atoms with Gasteiger partial charge in [0.15, 0.2) is 0 Å². The van der Waals surface area contributed by atoms with E-state index >= 15 is 0 Å². The molecule has 0 aromatic carbocycles. The zero-order valence-corrected chi connectivity index (χ0v) is 9.46. The lowest BCUT2D eigenvalue weighted by Gasteiger charge is -2.42. The molecule has 94 valence electrons. The summed E-state index contributed by atoms with van der Waals surface area (Å²) in [6, 6.07) is -0.639. The van der Waals surface area contributed by atoms with Crippen LogP contribution >= 0.6 is 0 Å². The molecule has 1 rings (SSSR count). The van der Waals surface area contributed by atoms with Crippen molar-refractivity contribution in [1.82, 2.24) is 5.32 Å². The highest BCUT2D eigenvalue weighted by Crippen LogP contribution is 2.22. The molecule has 6 heteroatoms. The number of aliphatic hydroxyl groups is 3. The Morgan fingerprint density at radius 3 is 2.38 bits per heavy atom. The van der Waals surface area contributed by atoms with Crippen LogP contribution in [0.5, 0.6) is 0 Å². The van der Waals surface area contributed by atoms with Gasteiger partial charge < -0.3 is 25.4 Å². The quantitative estimate of drug-likeness (QED) is 0.470. The molecule has 0 spiro atoms. The van der Waals surface area contributed by atoms with Gasteiger partial charge >= 0.3 is 0 Å². The number of hydrogen-bond donors (Lipinski definition) is 4. The van der Waals surface area contributed by atoms with Gasteiger partial charge in [-0.1, -0.05) is 6.92 Å². The summed E-state index contributed by atoms with van der Waals surface area (Å²) in [5.41, 5.74) is 0. The number of ether oxygens (including phenoxy) is 1. The Bertz CT molecular complexity index is 245. The summed E-state index contributed by atoms with van der Waals surface area (Å²) < 4.78 is 5.41. The Labute approximate surface area is 94.2 Å².